The van der Waals surface area contributed by atoms with E-state index in [4.69, 9.17) is 5.11 Å². The van der Waals surface area contributed by atoms with Gasteiger partial charge in [0.25, 0.3) is 5.56 Å². The van der Waals surface area contributed by atoms with Crippen LogP contribution in [-0.4, -0.2) is 26.3 Å². The quantitative estimate of drug-likeness (QED) is 0.447. The van der Waals surface area contributed by atoms with Crippen LogP contribution in [-0.2, 0) is 11.3 Å². The van der Waals surface area contributed by atoms with Crippen molar-refractivity contribution in [1.82, 2.24) is 9.13 Å². The Morgan fingerprint density at radius 3 is 2.48 bits per heavy atom. The molecule has 2 aromatic rings. The number of carboxylic acid groups (broad SMARTS) is 1. The fourth-order valence-corrected chi connectivity index (χ4v) is 5.24. The SMILES string of the molecule is O=C(O)/C=C/CCCn1c(=O)c2cc(F)c(NC3CCCCC3)cc2n(C2CCCC2)c1=O. The Hall–Kier alpha value is -2.90. The Morgan fingerprint density at radius 1 is 1.09 bits per heavy atom. The minimum atomic E-state index is -1.03. The zero-order valence-corrected chi connectivity index (χ0v) is 18.9. The number of fused-ring (bicyclic) bond motifs is 1. The van der Waals surface area contributed by atoms with Crippen LogP contribution in [0.3, 0.4) is 0 Å². The highest BCUT2D eigenvalue weighted by atomic mass is 19.1. The molecule has 33 heavy (non-hydrogen) atoms. The van der Waals surface area contributed by atoms with Crippen LogP contribution in [0.5, 0.6) is 0 Å². The first-order valence-corrected chi connectivity index (χ1v) is 12.1. The predicted octanol–water partition coefficient (Wildman–Crippen LogP) is 4.58. The number of nitrogens with zero attached hydrogens (tertiary/aromatic N) is 2. The van der Waals surface area contributed by atoms with Gasteiger partial charge in [-0.3, -0.25) is 13.9 Å². The van der Waals surface area contributed by atoms with Crippen molar-refractivity contribution in [2.45, 2.75) is 89.3 Å². The van der Waals surface area contributed by atoms with Crippen LogP contribution in [0.1, 0.15) is 76.7 Å². The van der Waals surface area contributed by atoms with Crippen molar-refractivity contribution in [2.75, 3.05) is 5.32 Å². The van der Waals surface area contributed by atoms with Crippen LogP contribution in [0.15, 0.2) is 33.9 Å². The zero-order chi connectivity index (χ0) is 23.4. The number of halogens is 1. The van der Waals surface area contributed by atoms with Gasteiger partial charge in [-0.05, 0) is 50.7 Å². The molecule has 7 nitrogen and oxygen atoms in total. The van der Waals surface area contributed by atoms with E-state index in [0.29, 0.717) is 24.0 Å². The maximum Gasteiger partial charge on any atom is 0.331 e. The molecule has 178 valence electrons. The van der Waals surface area contributed by atoms with Crippen LogP contribution in [0.2, 0.25) is 0 Å². The number of nitrogens with one attached hydrogen (secondary N) is 1. The Labute approximate surface area is 191 Å². The second-order valence-corrected chi connectivity index (χ2v) is 9.26. The summed E-state index contributed by atoms with van der Waals surface area (Å²) in [5.41, 5.74) is 0.00144. The summed E-state index contributed by atoms with van der Waals surface area (Å²) >= 11 is 0. The topological polar surface area (TPSA) is 93.3 Å². The normalized spacial score (nSPS) is 17.8. The van der Waals surface area contributed by atoms with Crippen LogP contribution in [0.25, 0.3) is 10.9 Å². The molecule has 1 aromatic heterocycles. The Morgan fingerprint density at radius 2 is 1.79 bits per heavy atom. The summed E-state index contributed by atoms with van der Waals surface area (Å²) in [5.74, 6) is -1.51. The third-order valence-electron chi connectivity index (χ3n) is 6.93. The summed E-state index contributed by atoms with van der Waals surface area (Å²) in [5, 5.41) is 12.2. The van der Waals surface area contributed by atoms with Gasteiger partial charge in [0.1, 0.15) is 5.82 Å². The van der Waals surface area contributed by atoms with E-state index in [9.17, 15) is 14.4 Å². The highest BCUT2D eigenvalue weighted by Crippen LogP contribution is 2.32. The molecule has 0 bridgehead atoms. The summed E-state index contributed by atoms with van der Waals surface area (Å²) in [6.07, 6.45) is 12.6. The molecule has 2 aliphatic rings. The maximum atomic E-state index is 15.1. The van der Waals surface area contributed by atoms with Gasteiger partial charge in [-0.25, -0.2) is 14.0 Å². The highest BCUT2D eigenvalue weighted by Gasteiger charge is 2.24. The molecule has 4 rings (SSSR count). The van der Waals surface area contributed by atoms with Crippen molar-refractivity contribution in [3.8, 4) is 0 Å². The molecular weight excluding hydrogens is 425 g/mol. The molecule has 2 aliphatic carbocycles. The van der Waals surface area contributed by atoms with Crippen LogP contribution < -0.4 is 16.6 Å². The van der Waals surface area contributed by atoms with Gasteiger partial charge in [0.05, 0.1) is 16.6 Å². The molecule has 0 radical (unpaired) electrons. The molecule has 8 heteroatoms. The fraction of sp³-hybridized carbons (Fsp3) is 0.560. The first-order valence-electron chi connectivity index (χ1n) is 12.1. The Kier molecular flexibility index (Phi) is 7.30. The second-order valence-electron chi connectivity index (χ2n) is 9.26. The van der Waals surface area contributed by atoms with E-state index in [-0.39, 0.29) is 29.7 Å². The number of rotatable bonds is 8. The minimum absolute atomic E-state index is 0.00764. The van der Waals surface area contributed by atoms with Gasteiger partial charge in [-0.15, -0.1) is 0 Å². The number of hydrogen-bond acceptors (Lipinski definition) is 4. The Balaban J connectivity index is 1.74. The molecular formula is C25H32FN3O4. The van der Waals surface area contributed by atoms with Crippen molar-refractivity contribution in [1.29, 1.82) is 0 Å². The fourth-order valence-electron chi connectivity index (χ4n) is 5.24. The molecule has 0 atom stereocenters. The molecule has 1 heterocycles. The molecule has 0 aliphatic heterocycles. The van der Waals surface area contributed by atoms with Gasteiger partial charge in [0.2, 0.25) is 0 Å². The van der Waals surface area contributed by atoms with E-state index in [1.807, 2.05) is 0 Å². The van der Waals surface area contributed by atoms with E-state index >= 15 is 4.39 Å². The van der Waals surface area contributed by atoms with E-state index < -0.39 is 17.3 Å². The third kappa shape index (κ3) is 5.20. The van der Waals surface area contributed by atoms with E-state index in [0.717, 1.165) is 57.4 Å². The second kappa shape index (κ2) is 10.4. The molecule has 2 N–H and O–H groups in total. The first-order chi connectivity index (χ1) is 16.0. The van der Waals surface area contributed by atoms with Gasteiger partial charge in [-0.2, -0.15) is 0 Å². The predicted molar refractivity (Wildman–Crippen MR) is 126 cm³/mol. The number of carbonyl (C=O) groups is 1. The molecule has 0 unspecified atom stereocenters. The lowest BCUT2D eigenvalue weighted by atomic mass is 9.95. The standard InChI is InChI=1S/C25H32FN3O4/c26-20-15-19-22(16-21(20)27-17-9-3-1-4-10-17)29(18-11-6-7-12-18)25(33)28(24(19)32)14-8-2-5-13-23(30)31/h5,13,15-18,27H,1-4,6-12,14H2,(H,30,31)/b13-5+. The lowest BCUT2D eigenvalue weighted by Gasteiger charge is -2.25. The van der Waals surface area contributed by atoms with E-state index in [1.165, 1.54) is 23.1 Å². The monoisotopic (exact) mass is 457 g/mol. The maximum absolute atomic E-state index is 15.1. The third-order valence-corrected chi connectivity index (χ3v) is 6.93. The van der Waals surface area contributed by atoms with Crippen LogP contribution >= 0.6 is 0 Å². The smallest absolute Gasteiger partial charge is 0.331 e. The highest BCUT2D eigenvalue weighted by molar-refractivity contribution is 5.82. The summed E-state index contributed by atoms with van der Waals surface area (Å²) in [6, 6.07) is 3.12. The average molecular weight is 458 g/mol. The Bertz CT molecular complexity index is 1150. The molecule has 2 fully saturated rings. The lowest BCUT2D eigenvalue weighted by molar-refractivity contribution is -0.131. The van der Waals surface area contributed by atoms with E-state index in [2.05, 4.69) is 5.32 Å². The first kappa shape index (κ1) is 23.3. The molecule has 0 amide bonds. The van der Waals surface area contributed by atoms with Crippen molar-refractivity contribution in [3.63, 3.8) is 0 Å². The van der Waals surface area contributed by atoms with Gasteiger partial charge in [-0.1, -0.05) is 38.2 Å². The number of aromatic nitrogens is 2. The molecule has 1 aromatic carbocycles. The van der Waals surface area contributed by atoms with Crippen molar-refractivity contribution >= 4 is 22.6 Å². The molecule has 2 saturated carbocycles. The van der Waals surface area contributed by atoms with Crippen molar-refractivity contribution in [2.24, 2.45) is 0 Å². The van der Waals surface area contributed by atoms with Gasteiger partial charge >= 0.3 is 11.7 Å². The molecule has 0 saturated heterocycles. The van der Waals surface area contributed by atoms with Gasteiger partial charge in [0, 0.05) is 24.7 Å². The number of unbranched alkanes of at least 4 members (excludes halogenated alkanes) is 1. The average Bonchev–Trinajstić information content (AvgIpc) is 3.32. The number of benzene rings is 1. The van der Waals surface area contributed by atoms with E-state index in [1.54, 1.807) is 10.6 Å². The zero-order valence-electron chi connectivity index (χ0n) is 18.9. The lowest BCUT2D eigenvalue weighted by Crippen LogP contribution is -2.41. The summed E-state index contributed by atoms with van der Waals surface area (Å²) in [7, 11) is 0. The van der Waals surface area contributed by atoms with Crippen LogP contribution in [0, 0.1) is 5.82 Å². The largest absolute Gasteiger partial charge is 0.478 e. The summed E-state index contributed by atoms with van der Waals surface area (Å²) in [4.78, 5) is 37.3. The minimum Gasteiger partial charge on any atom is -0.478 e. The number of hydrogen-bond donors (Lipinski definition) is 2. The number of allylic oxidation sites excluding steroid dienone is 1. The van der Waals surface area contributed by atoms with Crippen molar-refractivity contribution < 1.29 is 14.3 Å². The number of carboxylic acids is 1. The van der Waals surface area contributed by atoms with Crippen molar-refractivity contribution in [3.05, 3.63) is 50.9 Å². The van der Waals surface area contributed by atoms with Gasteiger partial charge < -0.3 is 10.4 Å². The molecule has 0 spiro atoms. The number of aliphatic carboxylic acids is 1. The van der Waals surface area contributed by atoms with Gasteiger partial charge in [0.15, 0.2) is 0 Å². The summed E-state index contributed by atoms with van der Waals surface area (Å²) in [6.45, 7) is 0.161. The summed E-state index contributed by atoms with van der Waals surface area (Å²) < 4.78 is 17.9. The number of anilines is 1. The van der Waals surface area contributed by atoms with Crippen LogP contribution in [0.4, 0.5) is 10.1 Å².